The highest BCUT2D eigenvalue weighted by atomic mass is 16.5. The Hall–Kier alpha value is -0.505. The second kappa shape index (κ2) is 4.56. The second-order valence-electron chi connectivity index (χ2n) is 5.07. The highest BCUT2D eigenvalue weighted by Gasteiger charge is 2.43. The average molecular weight is 209 g/mol. The quantitative estimate of drug-likeness (QED) is 0.707. The number of carbonyl (C=O) groups excluding carboxylic acids is 1. The first kappa shape index (κ1) is 11.0. The molecule has 84 valence electrons. The molecule has 2 heterocycles. The van der Waals surface area contributed by atoms with Crippen LogP contribution >= 0.6 is 0 Å². The molecule has 2 saturated heterocycles. The van der Waals surface area contributed by atoms with Crippen LogP contribution in [0.2, 0.25) is 11.6 Å². The van der Waals surface area contributed by atoms with Crippen molar-refractivity contribution in [2.75, 3.05) is 0 Å². The van der Waals surface area contributed by atoms with Crippen LogP contribution < -0.4 is 5.73 Å². The van der Waals surface area contributed by atoms with Crippen LogP contribution in [0.15, 0.2) is 0 Å². The molecule has 0 spiro atoms. The first-order valence-corrected chi connectivity index (χ1v) is 6.14. The lowest BCUT2D eigenvalue weighted by molar-refractivity contribution is -0.136. The molecule has 0 amide bonds. The van der Waals surface area contributed by atoms with Crippen LogP contribution in [0, 0.1) is 0 Å². The van der Waals surface area contributed by atoms with Gasteiger partial charge in [0.1, 0.15) is 0 Å². The van der Waals surface area contributed by atoms with Crippen LogP contribution in [-0.2, 0) is 9.45 Å². The van der Waals surface area contributed by atoms with Crippen molar-refractivity contribution in [1.82, 2.24) is 0 Å². The summed E-state index contributed by atoms with van der Waals surface area (Å²) in [4.78, 5) is 11.5. The van der Waals surface area contributed by atoms with Gasteiger partial charge in [-0.15, -0.1) is 0 Å². The molecule has 4 heteroatoms. The van der Waals surface area contributed by atoms with E-state index >= 15 is 0 Å². The molecule has 0 radical (unpaired) electrons. The molecule has 3 nitrogen and oxygen atoms in total. The zero-order valence-electron chi connectivity index (χ0n) is 9.45. The second-order valence-corrected chi connectivity index (χ2v) is 5.07. The van der Waals surface area contributed by atoms with Crippen molar-refractivity contribution < 1.29 is 9.45 Å². The van der Waals surface area contributed by atoms with Gasteiger partial charge < -0.3 is 10.4 Å². The van der Waals surface area contributed by atoms with Gasteiger partial charge in [0.15, 0.2) is 0 Å². The van der Waals surface area contributed by atoms with Gasteiger partial charge in [-0.1, -0.05) is 38.5 Å². The third-order valence-corrected chi connectivity index (χ3v) is 3.85. The van der Waals surface area contributed by atoms with Crippen LogP contribution in [0.5, 0.6) is 0 Å². The minimum Gasteiger partial charge on any atom is -0.535 e. The molecule has 0 aliphatic carbocycles. The maximum absolute atomic E-state index is 11.5. The Labute approximate surface area is 91.8 Å². The smallest absolute Gasteiger partial charge is 0.367 e. The molecule has 0 unspecified atom stereocenters. The van der Waals surface area contributed by atoms with Crippen LogP contribution in [0.25, 0.3) is 0 Å². The lowest BCUT2D eigenvalue weighted by atomic mass is 9.38. The molecule has 0 saturated carbocycles. The molecular weight excluding hydrogens is 189 g/mol. The molecule has 2 N–H and O–H groups in total. The van der Waals surface area contributed by atoms with Crippen LogP contribution in [0.1, 0.15) is 45.4 Å². The molecule has 2 fully saturated rings. The number of rotatable bonds is 2. The minimum absolute atomic E-state index is 0.172. The molecule has 1 atom stereocenters. The Morgan fingerprint density at radius 3 is 2.13 bits per heavy atom. The van der Waals surface area contributed by atoms with Crippen molar-refractivity contribution in [1.29, 1.82) is 0 Å². The third-order valence-electron chi connectivity index (χ3n) is 3.85. The molecule has 2 aliphatic heterocycles. The van der Waals surface area contributed by atoms with E-state index in [1.54, 1.807) is 6.92 Å². The predicted octanol–water partition coefficient (Wildman–Crippen LogP) is 1.98. The molecule has 0 aromatic carbocycles. The minimum atomic E-state index is -0.479. The molecule has 0 aromatic heterocycles. The summed E-state index contributed by atoms with van der Waals surface area (Å²) in [6.45, 7) is 1.87. The molecule has 2 aliphatic rings. The van der Waals surface area contributed by atoms with E-state index in [2.05, 4.69) is 0 Å². The standard InChI is InChI=1S/C11H20BNO2/c1-8(13)11(14)15-12-9-4-2-5-10(12)7-3-6-9/h8-10H,2-7,13H2,1H3/t8-,9?,10?/m0/s1. The first-order valence-electron chi connectivity index (χ1n) is 6.14. The Kier molecular flexibility index (Phi) is 3.34. The zero-order valence-corrected chi connectivity index (χ0v) is 9.45. The van der Waals surface area contributed by atoms with Gasteiger partial charge in [-0.3, -0.25) is 4.79 Å². The van der Waals surface area contributed by atoms with E-state index in [0.717, 1.165) is 0 Å². The lowest BCUT2D eigenvalue weighted by Gasteiger charge is -2.38. The largest absolute Gasteiger partial charge is 0.535 e. The van der Waals surface area contributed by atoms with Crippen LogP contribution in [0.4, 0.5) is 0 Å². The lowest BCUT2D eigenvalue weighted by Crippen LogP contribution is -2.42. The van der Waals surface area contributed by atoms with Gasteiger partial charge in [-0.2, -0.15) is 0 Å². The van der Waals surface area contributed by atoms with Crippen molar-refractivity contribution in [3.05, 3.63) is 0 Å². The van der Waals surface area contributed by atoms with Gasteiger partial charge in [0.2, 0.25) is 0 Å². The highest BCUT2D eigenvalue weighted by Crippen LogP contribution is 2.46. The molecule has 0 aromatic rings. The SMILES string of the molecule is C[C@H](N)C(=O)OB1C2CCCC1CCC2. The number of hydrogen-bond donors (Lipinski definition) is 1. The fourth-order valence-corrected chi connectivity index (χ4v) is 3.05. The number of nitrogens with two attached hydrogens (primary N) is 1. The van der Waals surface area contributed by atoms with Gasteiger partial charge in [0.25, 0.3) is 0 Å². The van der Waals surface area contributed by atoms with E-state index in [4.69, 9.17) is 10.4 Å². The van der Waals surface area contributed by atoms with Crippen molar-refractivity contribution >= 4 is 12.9 Å². The Bertz CT molecular complexity index is 223. The maximum atomic E-state index is 11.5. The normalized spacial score (nSPS) is 32.3. The Morgan fingerprint density at radius 1 is 1.27 bits per heavy atom. The summed E-state index contributed by atoms with van der Waals surface area (Å²) in [5.41, 5.74) is 5.53. The van der Waals surface area contributed by atoms with Crippen molar-refractivity contribution in [3.63, 3.8) is 0 Å². The summed E-state index contributed by atoms with van der Waals surface area (Å²) in [6, 6.07) is -0.479. The topological polar surface area (TPSA) is 52.3 Å². The Balaban J connectivity index is 1.97. The maximum Gasteiger partial charge on any atom is 0.367 e. The predicted molar refractivity (Wildman–Crippen MR) is 60.7 cm³/mol. The molecular formula is C11H20BNO2. The van der Waals surface area contributed by atoms with Crippen molar-refractivity contribution in [3.8, 4) is 0 Å². The zero-order chi connectivity index (χ0) is 10.8. The van der Waals surface area contributed by atoms with E-state index in [1.807, 2.05) is 0 Å². The Morgan fingerprint density at radius 2 is 1.73 bits per heavy atom. The monoisotopic (exact) mass is 209 g/mol. The molecule has 2 bridgehead atoms. The summed E-state index contributed by atoms with van der Waals surface area (Å²) in [6.07, 6.45) is 7.53. The van der Waals surface area contributed by atoms with E-state index in [1.165, 1.54) is 38.5 Å². The van der Waals surface area contributed by atoms with Gasteiger partial charge in [-0.25, -0.2) is 0 Å². The van der Waals surface area contributed by atoms with E-state index < -0.39 is 6.04 Å². The summed E-state index contributed by atoms with van der Waals surface area (Å²) >= 11 is 0. The van der Waals surface area contributed by atoms with Crippen LogP contribution in [-0.4, -0.2) is 18.9 Å². The average Bonchev–Trinajstić information content (AvgIpc) is 2.16. The summed E-state index contributed by atoms with van der Waals surface area (Å²) < 4.78 is 5.56. The number of fused-ring (bicyclic) bond motifs is 2. The van der Waals surface area contributed by atoms with Crippen LogP contribution in [0.3, 0.4) is 0 Å². The fraction of sp³-hybridized carbons (Fsp3) is 0.909. The first-order chi connectivity index (χ1) is 7.18. The highest BCUT2D eigenvalue weighted by molar-refractivity contribution is 6.57. The fourth-order valence-electron chi connectivity index (χ4n) is 3.05. The van der Waals surface area contributed by atoms with Gasteiger partial charge >= 0.3 is 12.9 Å². The van der Waals surface area contributed by atoms with Crippen molar-refractivity contribution in [2.45, 2.75) is 63.1 Å². The van der Waals surface area contributed by atoms with E-state index in [-0.39, 0.29) is 12.9 Å². The summed E-state index contributed by atoms with van der Waals surface area (Å²) in [5.74, 6) is 0.999. The summed E-state index contributed by atoms with van der Waals surface area (Å²) in [5, 5.41) is 0. The molecule has 2 rings (SSSR count). The third kappa shape index (κ3) is 2.36. The summed E-state index contributed by atoms with van der Waals surface area (Å²) in [7, 11) is 0. The molecule has 15 heavy (non-hydrogen) atoms. The van der Waals surface area contributed by atoms with E-state index in [0.29, 0.717) is 11.6 Å². The van der Waals surface area contributed by atoms with Gasteiger partial charge in [0.05, 0.1) is 6.04 Å². The number of carbonyl (C=O) groups is 1. The number of hydrogen-bond acceptors (Lipinski definition) is 3. The van der Waals surface area contributed by atoms with Crippen molar-refractivity contribution in [2.24, 2.45) is 5.73 Å². The van der Waals surface area contributed by atoms with Gasteiger partial charge in [-0.05, 0) is 18.6 Å². The van der Waals surface area contributed by atoms with E-state index in [9.17, 15) is 4.79 Å². The van der Waals surface area contributed by atoms with Gasteiger partial charge in [0, 0.05) is 0 Å².